The van der Waals surface area contributed by atoms with Crippen molar-refractivity contribution in [3.8, 4) is 0 Å². The third-order valence-corrected chi connectivity index (χ3v) is 4.01. The molecule has 1 aliphatic rings. The Morgan fingerprint density at radius 3 is 2.74 bits per heavy atom. The fourth-order valence-electron chi connectivity index (χ4n) is 2.76. The summed E-state index contributed by atoms with van der Waals surface area (Å²) in [7, 11) is 0. The molecule has 1 amide bonds. The molecule has 2 heterocycles. The van der Waals surface area contributed by atoms with E-state index in [4.69, 9.17) is 4.74 Å². The molecule has 0 bridgehead atoms. The van der Waals surface area contributed by atoms with Gasteiger partial charge in [-0.15, -0.1) is 0 Å². The van der Waals surface area contributed by atoms with Gasteiger partial charge in [-0.3, -0.25) is 4.68 Å². The van der Waals surface area contributed by atoms with Crippen LogP contribution in [0.15, 0.2) is 12.3 Å². The van der Waals surface area contributed by atoms with Crippen molar-refractivity contribution in [1.29, 1.82) is 0 Å². The number of hydrogen-bond acceptors (Lipinski definition) is 4. The van der Waals surface area contributed by atoms with Crippen LogP contribution in [0.5, 0.6) is 0 Å². The van der Waals surface area contributed by atoms with Gasteiger partial charge in [-0.1, -0.05) is 0 Å². The molecule has 1 N–H and O–H groups in total. The number of aromatic nitrogens is 2. The van der Waals surface area contributed by atoms with Gasteiger partial charge in [-0.25, -0.2) is 4.79 Å². The van der Waals surface area contributed by atoms with Crippen LogP contribution >= 0.6 is 0 Å². The normalized spacial score (nSPS) is 22.5. The summed E-state index contributed by atoms with van der Waals surface area (Å²) in [6.07, 6.45) is 2.50. The van der Waals surface area contributed by atoms with E-state index in [0.29, 0.717) is 32.0 Å². The predicted molar refractivity (Wildman–Crippen MR) is 88.2 cm³/mol. The van der Waals surface area contributed by atoms with Crippen molar-refractivity contribution in [3.05, 3.63) is 18.0 Å². The molecule has 2 rings (SSSR count). The molecule has 2 unspecified atom stereocenters. The highest BCUT2D eigenvalue weighted by Gasteiger charge is 2.33. The van der Waals surface area contributed by atoms with Gasteiger partial charge in [-0.05, 0) is 53.5 Å². The van der Waals surface area contributed by atoms with Gasteiger partial charge < -0.3 is 14.7 Å². The van der Waals surface area contributed by atoms with E-state index in [9.17, 15) is 9.90 Å². The Bertz CT molecular complexity index is 533. The minimum absolute atomic E-state index is 0.00761. The number of ether oxygens (including phenoxy) is 1. The summed E-state index contributed by atoms with van der Waals surface area (Å²) in [6, 6.07) is 2.30. The van der Waals surface area contributed by atoms with E-state index in [2.05, 4.69) is 18.9 Å². The molecule has 130 valence electrons. The van der Waals surface area contributed by atoms with Crippen LogP contribution in [0, 0.1) is 5.92 Å². The summed E-state index contributed by atoms with van der Waals surface area (Å²) in [5.74, 6) is -0.00761. The number of rotatable bonds is 3. The molecule has 1 aromatic rings. The Labute approximate surface area is 138 Å². The van der Waals surface area contributed by atoms with Crippen LogP contribution in [-0.2, 0) is 11.2 Å². The van der Waals surface area contributed by atoms with Gasteiger partial charge in [0.2, 0.25) is 0 Å². The predicted octanol–water partition coefficient (Wildman–Crippen LogP) is 2.62. The van der Waals surface area contributed by atoms with Gasteiger partial charge in [0.05, 0.1) is 11.8 Å². The number of aliphatic hydroxyl groups is 1. The summed E-state index contributed by atoms with van der Waals surface area (Å²) in [4.78, 5) is 13.9. The summed E-state index contributed by atoms with van der Waals surface area (Å²) in [5, 5.41) is 14.8. The summed E-state index contributed by atoms with van der Waals surface area (Å²) < 4.78 is 7.35. The van der Waals surface area contributed by atoms with Gasteiger partial charge >= 0.3 is 6.09 Å². The number of hydrogen-bond donors (Lipinski definition) is 1. The van der Waals surface area contributed by atoms with E-state index in [1.54, 1.807) is 4.90 Å². The lowest BCUT2D eigenvalue weighted by Gasteiger charge is -2.36. The number of aliphatic hydroxyl groups excluding tert-OH is 1. The van der Waals surface area contributed by atoms with E-state index in [0.717, 1.165) is 5.69 Å². The highest BCUT2D eigenvalue weighted by Crippen LogP contribution is 2.23. The molecule has 0 aromatic carbocycles. The van der Waals surface area contributed by atoms with E-state index < -0.39 is 11.7 Å². The highest BCUT2D eigenvalue weighted by atomic mass is 16.6. The van der Waals surface area contributed by atoms with Crippen LogP contribution < -0.4 is 0 Å². The quantitative estimate of drug-likeness (QED) is 0.928. The van der Waals surface area contributed by atoms with Gasteiger partial charge in [0, 0.05) is 31.2 Å². The zero-order valence-electron chi connectivity index (χ0n) is 14.8. The van der Waals surface area contributed by atoms with Crippen molar-refractivity contribution in [2.45, 2.75) is 65.2 Å². The number of amides is 1. The topological polar surface area (TPSA) is 67.6 Å². The number of carbonyl (C=O) groups is 1. The minimum Gasteiger partial charge on any atom is -0.444 e. The van der Waals surface area contributed by atoms with Crippen molar-refractivity contribution in [2.75, 3.05) is 13.1 Å². The van der Waals surface area contributed by atoms with E-state index in [-0.39, 0.29) is 12.0 Å². The molecule has 0 spiro atoms. The van der Waals surface area contributed by atoms with Crippen LogP contribution in [0.3, 0.4) is 0 Å². The Hall–Kier alpha value is -1.56. The van der Waals surface area contributed by atoms with Gasteiger partial charge in [0.25, 0.3) is 0 Å². The molecular weight excluding hydrogens is 294 g/mol. The van der Waals surface area contributed by atoms with Crippen molar-refractivity contribution in [2.24, 2.45) is 5.92 Å². The number of likely N-dealkylation sites (tertiary alicyclic amines) is 1. The second-order valence-corrected chi connectivity index (χ2v) is 7.63. The maximum absolute atomic E-state index is 12.2. The van der Waals surface area contributed by atoms with Gasteiger partial charge in [0.1, 0.15) is 5.60 Å². The first-order chi connectivity index (χ1) is 10.7. The zero-order chi connectivity index (χ0) is 17.2. The van der Waals surface area contributed by atoms with Crippen molar-refractivity contribution in [3.63, 3.8) is 0 Å². The smallest absolute Gasteiger partial charge is 0.410 e. The molecule has 2 atom stereocenters. The largest absolute Gasteiger partial charge is 0.444 e. The van der Waals surface area contributed by atoms with E-state index >= 15 is 0 Å². The Morgan fingerprint density at radius 2 is 2.17 bits per heavy atom. The lowest BCUT2D eigenvalue weighted by molar-refractivity contribution is -0.00843. The Balaban J connectivity index is 1.98. The monoisotopic (exact) mass is 323 g/mol. The van der Waals surface area contributed by atoms with Gasteiger partial charge in [0.15, 0.2) is 0 Å². The lowest BCUT2D eigenvalue weighted by atomic mass is 9.91. The van der Waals surface area contributed by atoms with E-state index in [1.165, 1.54) is 0 Å². The summed E-state index contributed by atoms with van der Waals surface area (Å²) in [5.41, 5.74) is 0.451. The average molecular weight is 323 g/mol. The first kappa shape index (κ1) is 17.8. The summed E-state index contributed by atoms with van der Waals surface area (Å²) in [6.45, 7) is 10.8. The number of carbonyl (C=O) groups excluding carboxylic acids is 1. The first-order valence-corrected chi connectivity index (χ1v) is 8.35. The second kappa shape index (κ2) is 6.91. The maximum atomic E-state index is 12.2. The Morgan fingerprint density at radius 1 is 1.48 bits per heavy atom. The molecule has 0 radical (unpaired) electrons. The lowest BCUT2D eigenvalue weighted by Crippen LogP contribution is -2.48. The van der Waals surface area contributed by atoms with Crippen LogP contribution in [0.4, 0.5) is 4.79 Å². The molecule has 1 fully saturated rings. The maximum Gasteiger partial charge on any atom is 0.410 e. The standard InChI is InChI=1S/C17H29N3O3/c1-12(2)20-9-6-14(18-20)10-13-11-19(8-7-15(13)21)16(22)23-17(3,4)5/h6,9,12-13,15,21H,7-8,10-11H2,1-5H3. The fourth-order valence-corrected chi connectivity index (χ4v) is 2.76. The van der Waals surface area contributed by atoms with Crippen molar-refractivity contribution < 1.29 is 14.6 Å². The molecule has 6 nitrogen and oxygen atoms in total. The van der Waals surface area contributed by atoms with Crippen LogP contribution in [0.25, 0.3) is 0 Å². The number of nitrogens with zero attached hydrogens (tertiary/aromatic N) is 3. The third-order valence-electron chi connectivity index (χ3n) is 4.01. The minimum atomic E-state index is -0.501. The molecule has 23 heavy (non-hydrogen) atoms. The van der Waals surface area contributed by atoms with Crippen molar-refractivity contribution >= 4 is 6.09 Å². The average Bonchev–Trinajstić information content (AvgIpc) is 2.88. The molecular formula is C17H29N3O3. The molecule has 1 saturated heterocycles. The second-order valence-electron chi connectivity index (χ2n) is 7.63. The third kappa shape index (κ3) is 4.96. The molecule has 0 saturated carbocycles. The SMILES string of the molecule is CC(C)n1ccc(CC2CN(C(=O)OC(C)(C)C)CCC2O)n1. The Kier molecular flexibility index (Phi) is 5.34. The number of piperidine rings is 1. The van der Waals surface area contributed by atoms with Crippen LogP contribution in [0.1, 0.15) is 52.8 Å². The molecule has 1 aromatic heterocycles. The molecule has 1 aliphatic heterocycles. The summed E-state index contributed by atoms with van der Waals surface area (Å²) >= 11 is 0. The zero-order valence-corrected chi connectivity index (χ0v) is 14.8. The highest BCUT2D eigenvalue weighted by molar-refractivity contribution is 5.68. The van der Waals surface area contributed by atoms with Crippen LogP contribution in [0.2, 0.25) is 0 Å². The van der Waals surface area contributed by atoms with Crippen LogP contribution in [-0.4, -0.2) is 50.7 Å². The molecule has 0 aliphatic carbocycles. The van der Waals surface area contributed by atoms with Gasteiger partial charge in [-0.2, -0.15) is 5.10 Å². The fraction of sp³-hybridized carbons (Fsp3) is 0.765. The van der Waals surface area contributed by atoms with Crippen molar-refractivity contribution in [1.82, 2.24) is 14.7 Å². The van der Waals surface area contributed by atoms with E-state index in [1.807, 2.05) is 37.7 Å². The molecule has 6 heteroatoms. The first-order valence-electron chi connectivity index (χ1n) is 8.35.